The number of rotatable bonds is 5. The lowest BCUT2D eigenvalue weighted by atomic mass is 9.95. The van der Waals surface area contributed by atoms with Crippen LogP contribution in [0, 0.1) is 11.8 Å². The Morgan fingerprint density at radius 1 is 1.48 bits per heavy atom. The zero-order valence-electron chi connectivity index (χ0n) is 13.4. The minimum atomic E-state index is -0.926. The zero-order valence-corrected chi connectivity index (χ0v) is 13.4. The molecule has 1 aromatic heterocycles. The molecule has 1 aromatic rings. The first-order chi connectivity index (χ1) is 10.9. The first-order valence-electron chi connectivity index (χ1n) is 7.69. The van der Waals surface area contributed by atoms with Crippen molar-refractivity contribution >= 4 is 17.8 Å². The molecule has 1 N–H and O–H groups in total. The molecule has 2 heterocycles. The molecule has 0 radical (unpaired) electrons. The molecule has 7 heteroatoms. The average Bonchev–Trinajstić information content (AvgIpc) is 3.07. The Kier molecular flexibility index (Phi) is 5.41. The molecular formula is C16H22N2O5. The number of carbonyl (C=O) groups is 3. The van der Waals surface area contributed by atoms with Crippen LogP contribution in [0.2, 0.25) is 0 Å². The van der Waals surface area contributed by atoms with Crippen LogP contribution in [0.15, 0.2) is 23.0 Å². The molecule has 0 saturated carbocycles. The van der Waals surface area contributed by atoms with Gasteiger partial charge in [-0.05, 0) is 18.9 Å². The number of carbonyl (C=O) groups excluding carboxylic acids is 2. The molecule has 2 atom stereocenters. The van der Waals surface area contributed by atoms with Crippen LogP contribution in [-0.2, 0) is 9.59 Å². The highest BCUT2D eigenvalue weighted by Gasteiger charge is 2.31. The molecule has 1 aliphatic rings. The molecule has 1 aliphatic heterocycles. The summed E-state index contributed by atoms with van der Waals surface area (Å²) in [5, 5.41) is 8.94. The second-order valence-electron chi connectivity index (χ2n) is 6.06. The van der Waals surface area contributed by atoms with Crippen molar-refractivity contribution in [3.63, 3.8) is 0 Å². The van der Waals surface area contributed by atoms with Crippen LogP contribution in [0.3, 0.4) is 0 Å². The summed E-state index contributed by atoms with van der Waals surface area (Å²) in [7, 11) is 1.61. The van der Waals surface area contributed by atoms with Gasteiger partial charge in [0.25, 0.3) is 5.91 Å². The van der Waals surface area contributed by atoms with Gasteiger partial charge in [-0.2, -0.15) is 0 Å². The van der Waals surface area contributed by atoms with Gasteiger partial charge < -0.3 is 19.3 Å². The lowest BCUT2D eigenvalue weighted by Gasteiger charge is -2.34. The molecule has 1 fully saturated rings. The van der Waals surface area contributed by atoms with Crippen LogP contribution in [-0.4, -0.2) is 59.4 Å². The van der Waals surface area contributed by atoms with Crippen molar-refractivity contribution in [3.8, 4) is 0 Å². The van der Waals surface area contributed by atoms with E-state index < -0.39 is 11.9 Å². The Bertz CT molecular complexity index is 569. The summed E-state index contributed by atoms with van der Waals surface area (Å²) in [6, 6.07) is 1.61. The van der Waals surface area contributed by atoms with Crippen molar-refractivity contribution in [2.75, 3.05) is 26.7 Å². The van der Waals surface area contributed by atoms with E-state index in [-0.39, 0.29) is 24.3 Å². The Morgan fingerprint density at radius 2 is 2.22 bits per heavy atom. The number of amides is 2. The highest BCUT2D eigenvalue weighted by atomic mass is 16.4. The maximum absolute atomic E-state index is 12.5. The molecular weight excluding hydrogens is 300 g/mol. The van der Waals surface area contributed by atoms with E-state index in [1.165, 1.54) is 17.4 Å². The summed E-state index contributed by atoms with van der Waals surface area (Å²) in [6.07, 6.45) is 4.30. The molecule has 2 amide bonds. The molecule has 0 unspecified atom stereocenters. The third-order valence-corrected chi connectivity index (χ3v) is 4.17. The summed E-state index contributed by atoms with van der Waals surface area (Å²) < 4.78 is 4.93. The molecule has 0 spiro atoms. The van der Waals surface area contributed by atoms with Gasteiger partial charge in [0.2, 0.25) is 5.91 Å². The lowest BCUT2D eigenvalue weighted by Crippen LogP contribution is -2.46. The summed E-state index contributed by atoms with van der Waals surface area (Å²) >= 11 is 0. The van der Waals surface area contributed by atoms with Gasteiger partial charge in [0.15, 0.2) is 0 Å². The highest BCUT2D eigenvalue weighted by molar-refractivity contribution is 5.94. The Balaban J connectivity index is 1.96. The number of carboxylic acid groups (broad SMARTS) is 1. The van der Waals surface area contributed by atoms with Crippen molar-refractivity contribution in [3.05, 3.63) is 24.2 Å². The summed E-state index contributed by atoms with van der Waals surface area (Å²) in [6.45, 7) is 2.71. The van der Waals surface area contributed by atoms with Crippen LogP contribution < -0.4 is 0 Å². The van der Waals surface area contributed by atoms with E-state index in [9.17, 15) is 14.4 Å². The standard InChI is InChI=1S/C16H22N2O5/c1-11(16(21)22)8-17(2)14(19)12-4-3-6-18(9-12)15(20)13-5-7-23-10-13/h5,7,10-12H,3-4,6,8-9H2,1-2H3,(H,21,22)/t11-,12+/m1/s1. The fourth-order valence-electron chi connectivity index (χ4n) is 2.82. The van der Waals surface area contributed by atoms with E-state index in [4.69, 9.17) is 9.52 Å². The van der Waals surface area contributed by atoms with Crippen LogP contribution in [0.5, 0.6) is 0 Å². The zero-order chi connectivity index (χ0) is 17.0. The smallest absolute Gasteiger partial charge is 0.308 e. The molecule has 2 rings (SSSR count). The highest BCUT2D eigenvalue weighted by Crippen LogP contribution is 2.21. The lowest BCUT2D eigenvalue weighted by molar-refractivity contribution is -0.143. The first kappa shape index (κ1) is 17.1. The fourth-order valence-corrected chi connectivity index (χ4v) is 2.82. The van der Waals surface area contributed by atoms with E-state index in [2.05, 4.69) is 0 Å². The van der Waals surface area contributed by atoms with Gasteiger partial charge in [0.1, 0.15) is 6.26 Å². The van der Waals surface area contributed by atoms with Gasteiger partial charge in [-0.1, -0.05) is 6.92 Å². The average molecular weight is 322 g/mol. The first-order valence-corrected chi connectivity index (χ1v) is 7.69. The topological polar surface area (TPSA) is 91.1 Å². The van der Waals surface area contributed by atoms with E-state index in [1.54, 1.807) is 24.9 Å². The Labute approximate surface area is 134 Å². The number of aliphatic carboxylic acids is 1. The summed E-state index contributed by atoms with van der Waals surface area (Å²) in [5.74, 6) is -2.08. The largest absolute Gasteiger partial charge is 0.481 e. The van der Waals surface area contributed by atoms with E-state index >= 15 is 0 Å². The predicted molar refractivity (Wildman–Crippen MR) is 81.8 cm³/mol. The van der Waals surface area contributed by atoms with Crippen LogP contribution >= 0.6 is 0 Å². The Hall–Kier alpha value is -2.31. The molecule has 0 aliphatic carbocycles. The van der Waals surface area contributed by atoms with Gasteiger partial charge in [-0.3, -0.25) is 14.4 Å². The van der Waals surface area contributed by atoms with Gasteiger partial charge in [0.05, 0.1) is 23.7 Å². The SMILES string of the molecule is C[C@H](CN(C)C(=O)[C@H]1CCCN(C(=O)c2ccoc2)C1)C(=O)O. The monoisotopic (exact) mass is 322 g/mol. The van der Waals surface area contributed by atoms with Gasteiger partial charge in [-0.15, -0.1) is 0 Å². The maximum Gasteiger partial charge on any atom is 0.308 e. The van der Waals surface area contributed by atoms with Crippen LogP contribution in [0.4, 0.5) is 0 Å². The van der Waals surface area contributed by atoms with Crippen molar-refractivity contribution in [1.82, 2.24) is 9.80 Å². The van der Waals surface area contributed by atoms with E-state index in [0.29, 0.717) is 25.1 Å². The normalized spacial score (nSPS) is 19.2. The number of nitrogens with zero attached hydrogens (tertiary/aromatic N) is 2. The third-order valence-electron chi connectivity index (χ3n) is 4.17. The van der Waals surface area contributed by atoms with Gasteiger partial charge in [0, 0.05) is 26.7 Å². The molecule has 126 valence electrons. The summed E-state index contributed by atoms with van der Waals surface area (Å²) in [5.41, 5.74) is 0.478. The van der Waals surface area contributed by atoms with Gasteiger partial charge >= 0.3 is 5.97 Å². The van der Waals surface area contributed by atoms with Crippen LogP contribution in [0.25, 0.3) is 0 Å². The van der Waals surface area contributed by atoms with Crippen molar-refractivity contribution in [1.29, 1.82) is 0 Å². The predicted octanol–water partition coefficient (Wildman–Crippen LogP) is 1.31. The van der Waals surface area contributed by atoms with E-state index in [1.807, 2.05) is 0 Å². The van der Waals surface area contributed by atoms with Crippen molar-refractivity contribution < 1.29 is 23.9 Å². The number of carboxylic acids is 1. The number of hydrogen-bond acceptors (Lipinski definition) is 4. The molecule has 23 heavy (non-hydrogen) atoms. The minimum absolute atomic E-state index is 0.109. The van der Waals surface area contributed by atoms with Gasteiger partial charge in [-0.25, -0.2) is 0 Å². The number of likely N-dealkylation sites (tertiary alicyclic amines) is 1. The number of hydrogen-bond donors (Lipinski definition) is 1. The molecule has 0 bridgehead atoms. The molecule has 1 saturated heterocycles. The van der Waals surface area contributed by atoms with E-state index in [0.717, 1.165) is 6.42 Å². The third kappa shape index (κ3) is 4.12. The second kappa shape index (κ2) is 7.30. The minimum Gasteiger partial charge on any atom is -0.481 e. The quantitative estimate of drug-likeness (QED) is 0.882. The Morgan fingerprint density at radius 3 is 2.83 bits per heavy atom. The van der Waals surface area contributed by atoms with Crippen molar-refractivity contribution in [2.24, 2.45) is 11.8 Å². The number of piperidine rings is 1. The molecule has 7 nitrogen and oxygen atoms in total. The second-order valence-corrected chi connectivity index (χ2v) is 6.06. The van der Waals surface area contributed by atoms with Crippen molar-refractivity contribution in [2.45, 2.75) is 19.8 Å². The van der Waals surface area contributed by atoms with Crippen LogP contribution in [0.1, 0.15) is 30.1 Å². The maximum atomic E-state index is 12.5. The fraction of sp³-hybridized carbons (Fsp3) is 0.562. The number of furan rings is 1. The summed E-state index contributed by atoms with van der Waals surface area (Å²) in [4.78, 5) is 38.8. The molecule has 0 aromatic carbocycles.